The fourth-order valence-electron chi connectivity index (χ4n) is 1.96. The lowest BCUT2D eigenvalue weighted by molar-refractivity contribution is 0.601. The summed E-state index contributed by atoms with van der Waals surface area (Å²) in [7, 11) is -1.95. The number of imidazole rings is 1. The number of pyridine rings is 1. The number of anilines is 1. The van der Waals surface area contributed by atoms with Crippen molar-refractivity contribution in [1.82, 2.24) is 14.5 Å². The summed E-state index contributed by atoms with van der Waals surface area (Å²) in [4.78, 5) is 8.78. The van der Waals surface area contributed by atoms with E-state index in [-0.39, 0.29) is 15.2 Å². The first-order chi connectivity index (χ1) is 11.8. The quantitative estimate of drug-likeness (QED) is 0.636. The minimum atomic E-state index is -3.86. The average Bonchev–Trinajstić information content (AvgIpc) is 2.93. The number of hydrogen-bond donors (Lipinski definition) is 1. The van der Waals surface area contributed by atoms with Gasteiger partial charge in [-0.3, -0.25) is 4.72 Å². The molecule has 6 nitrogen and oxygen atoms in total. The molecule has 0 saturated heterocycles. The van der Waals surface area contributed by atoms with Gasteiger partial charge in [0.1, 0.15) is 10.0 Å². The Morgan fingerprint density at radius 1 is 1.12 bits per heavy atom. The maximum atomic E-state index is 12.4. The van der Waals surface area contributed by atoms with Gasteiger partial charge in [-0.05, 0) is 36.4 Å². The Bertz CT molecular complexity index is 1000. The maximum Gasteiger partial charge on any atom is 0.264 e. The summed E-state index contributed by atoms with van der Waals surface area (Å²) in [6, 6.07) is 9.62. The van der Waals surface area contributed by atoms with E-state index < -0.39 is 10.0 Å². The average molecular weight is 415 g/mol. The van der Waals surface area contributed by atoms with E-state index in [1.54, 1.807) is 30.5 Å². The van der Waals surface area contributed by atoms with Gasteiger partial charge in [0.2, 0.25) is 0 Å². The molecule has 0 amide bonds. The largest absolute Gasteiger partial charge is 0.329 e. The molecule has 0 atom stereocenters. The molecule has 0 spiro atoms. The summed E-state index contributed by atoms with van der Waals surface area (Å²) < 4.78 is 29.2. The number of rotatable bonds is 5. The van der Waals surface area contributed by atoms with Gasteiger partial charge in [-0.15, -0.1) is 0 Å². The van der Waals surface area contributed by atoms with Crippen LogP contribution in [-0.4, -0.2) is 23.0 Å². The zero-order chi connectivity index (χ0) is 18.0. The summed E-state index contributed by atoms with van der Waals surface area (Å²) >= 11 is 13.0. The van der Waals surface area contributed by atoms with E-state index in [4.69, 9.17) is 23.2 Å². The molecule has 0 aliphatic carbocycles. The van der Waals surface area contributed by atoms with E-state index in [1.807, 2.05) is 17.8 Å². The second-order valence-electron chi connectivity index (χ2n) is 4.98. The van der Waals surface area contributed by atoms with Crippen molar-refractivity contribution in [3.05, 3.63) is 59.1 Å². The topological polar surface area (TPSA) is 76.9 Å². The Kier molecular flexibility index (Phi) is 5.24. The highest BCUT2D eigenvalue weighted by Gasteiger charge is 2.19. The van der Waals surface area contributed by atoms with Crippen LogP contribution < -0.4 is 4.72 Å². The van der Waals surface area contributed by atoms with Crippen molar-refractivity contribution in [3.63, 3.8) is 0 Å². The van der Waals surface area contributed by atoms with Crippen molar-refractivity contribution < 1.29 is 8.42 Å². The summed E-state index contributed by atoms with van der Waals surface area (Å²) in [6.07, 6.45) is 3.57. The van der Waals surface area contributed by atoms with Crippen molar-refractivity contribution >= 4 is 50.7 Å². The summed E-state index contributed by atoms with van der Waals surface area (Å²) in [5.41, 5.74) is 0.412. The van der Waals surface area contributed by atoms with Crippen LogP contribution in [0.5, 0.6) is 0 Å². The van der Waals surface area contributed by atoms with Gasteiger partial charge in [0.05, 0.1) is 0 Å². The van der Waals surface area contributed by atoms with Gasteiger partial charge in [-0.2, -0.15) is 0 Å². The summed E-state index contributed by atoms with van der Waals surface area (Å²) in [6.45, 7) is 0. The number of sulfonamides is 1. The third-order valence-corrected chi connectivity index (χ3v) is 6.27. The zero-order valence-corrected chi connectivity index (χ0v) is 16.0. The zero-order valence-electron chi connectivity index (χ0n) is 12.8. The molecule has 0 aliphatic rings. The number of benzene rings is 1. The highest BCUT2D eigenvalue weighted by atomic mass is 35.5. The number of nitrogens with zero attached hydrogens (tertiary/aromatic N) is 3. The molecule has 0 bridgehead atoms. The Balaban J connectivity index is 1.77. The molecule has 10 heteroatoms. The summed E-state index contributed by atoms with van der Waals surface area (Å²) in [5.74, 6) is 0. The Hall–Kier alpha value is -1.74. The van der Waals surface area contributed by atoms with E-state index in [1.165, 1.54) is 23.9 Å². The third-order valence-electron chi connectivity index (χ3n) is 3.16. The van der Waals surface area contributed by atoms with Gasteiger partial charge >= 0.3 is 0 Å². The molecule has 2 aromatic heterocycles. The third kappa shape index (κ3) is 4.27. The Morgan fingerprint density at radius 2 is 1.84 bits per heavy atom. The molecule has 2 heterocycles. The van der Waals surface area contributed by atoms with Gasteiger partial charge in [0, 0.05) is 30.0 Å². The minimum Gasteiger partial charge on any atom is -0.329 e. The van der Waals surface area contributed by atoms with Crippen LogP contribution in [0.3, 0.4) is 0 Å². The van der Waals surface area contributed by atoms with Gasteiger partial charge in [-0.25, -0.2) is 18.4 Å². The first-order valence-electron chi connectivity index (χ1n) is 6.95. The molecule has 25 heavy (non-hydrogen) atoms. The molecule has 1 N–H and O–H groups in total. The van der Waals surface area contributed by atoms with Crippen LogP contribution in [0.2, 0.25) is 10.3 Å². The van der Waals surface area contributed by atoms with E-state index in [9.17, 15) is 8.42 Å². The molecule has 3 rings (SSSR count). The number of aryl methyl sites for hydroxylation is 1. The monoisotopic (exact) mass is 414 g/mol. The maximum absolute atomic E-state index is 12.4. The molecule has 0 radical (unpaired) electrons. The summed E-state index contributed by atoms with van der Waals surface area (Å²) in [5, 5.41) is 0.786. The van der Waals surface area contributed by atoms with E-state index in [0.717, 1.165) is 10.1 Å². The lowest BCUT2D eigenvalue weighted by Crippen LogP contribution is -2.13. The lowest BCUT2D eigenvalue weighted by Gasteiger charge is -2.10. The fourth-order valence-corrected chi connectivity index (χ4v) is 4.48. The van der Waals surface area contributed by atoms with Crippen molar-refractivity contribution in [2.24, 2.45) is 7.05 Å². The predicted octanol–water partition coefficient (Wildman–Crippen LogP) is 4.07. The number of aromatic nitrogens is 3. The van der Waals surface area contributed by atoms with Crippen LogP contribution in [-0.2, 0) is 17.1 Å². The number of halogens is 2. The smallest absolute Gasteiger partial charge is 0.264 e. The van der Waals surface area contributed by atoms with Crippen LogP contribution in [0.25, 0.3) is 0 Å². The van der Waals surface area contributed by atoms with E-state index in [0.29, 0.717) is 5.69 Å². The molecule has 130 valence electrons. The van der Waals surface area contributed by atoms with Gasteiger partial charge in [0.15, 0.2) is 10.3 Å². The Labute approximate surface area is 159 Å². The Morgan fingerprint density at radius 3 is 2.44 bits per heavy atom. The first-order valence-corrected chi connectivity index (χ1v) is 10.0. The number of hydrogen-bond acceptors (Lipinski definition) is 5. The first kappa shape index (κ1) is 18.1. The molecule has 0 unspecified atom stereocenters. The van der Waals surface area contributed by atoms with Crippen molar-refractivity contribution in [3.8, 4) is 0 Å². The van der Waals surface area contributed by atoms with E-state index >= 15 is 0 Å². The second-order valence-corrected chi connectivity index (χ2v) is 8.41. The van der Waals surface area contributed by atoms with Crippen LogP contribution in [0.4, 0.5) is 5.69 Å². The molecular weight excluding hydrogens is 403 g/mol. The predicted molar refractivity (Wildman–Crippen MR) is 98.8 cm³/mol. The molecule has 0 fully saturated rings. The molecule has 3 aromatic rings. The van der Waals surface area contributed by atoms with Crippen molar-refractivity contribution in [2.45, 2.75) is 14.9 Å². The van der Waals surface area contributed by atoms with Gasteiger partial charge in [0.25, 0.3) is 10.0 Å². The van der Waals surface area contributed by atoms with Gasteiger partial charge in [-0.1, -0.05) is 35.0 Å². The van der Waals surface area contributed by atoms with Crippen LogP contribution in [0.1, 0.15) is 0 Å². The minimum absolute atomic E-state index is 0.125. The highest BCUT2D eigenvalue weighted by Crippen LogP contribution is 2.28. The van der Waals surface area contributed by atoms with Crippen molar-refractivity contribution in [1.29, 1.82) is 0 Å². The van der Waals surface area contributed by atoms with Crippen LogP contribution in [0.15, 0.2) is 63.7 Å². The van der Waals surface area contributed by atoms with Crippen LogP contribution >= 0.6 is 35.0 Å². The molecule has 0 saturated carbocycles. The van der Waals surface area contributed by atoms with Crippen LogP contribution in [0, 0.1) is 0 Å². The lowest BCUT2D eigenvalue weighted by atomic mass is 10.3. The standard InChI is InChI=1S/C15H12Cl2N4O2S2/c1-21-9-8-18-15(21)24-11-4-2-10(3-5-11)20-25(22,23)12-6-7-13(16)19-14(12)17/h2-9,20H,1H3. The molecule has 1 aromatic carbocycles. The number of nitrogens with one attached hydrogen (secondary N) is 1. The highest BCUT2D eigenvalue weighted by molar-refractivity contribution is 7.99. The normalized spacial score (nSPS) is 11.5. The molecule has 0 aliphatic heterocycles. The van der Waals surface area contributed by atoms with Crippen molar-refractivity contribution in [2.75, 3.05) is 4.72 Å². The fraction of sp³-hybridized carbons (Fsp3) is 0.0667. The van der Waals surface area contributed by atoms with E-state index in [2.05, 4.69) is 14.7 Å². The SMILES string of the molecule is Cn1ccnc1Sc1ccc(NS(=O)(=O)c2ccc(Cl)nc2Cl)cc1. The molecular formula is C15H12Cl2N4O2S2. The second kappa shape index (κ2) is 7.25. The van der Waals surface area contributed by atoms with Gasteiger partial charge < -0.3 is 4.57 Å².